The minimum Gasteiger partial charge on any atom is -0.457 e. The van der Waals surface area contributed by atoms with E-state index in [2.05, 4.69) is 46.6 Å². The summed E-state index contributed by atoms with van der Waals surface area (Å²) in [6.07, 6.45) is 2.07. The molecule has 0 radical (unpaired) electrons. The van der Waals surface area contributed by atoms with E-state index in [0.717, 1.165) is 41.0 Å². The van der Waals surface area contributed by atoms with E-state index in [4.69, 9.17) is 9.47 Å². The third-order valence-electron chi connectivity index (χ3n) is 4.92. The molecule has 4 heteroatoms. The first-order chi connectivity index (χ1) is 13.8. The van der Waals surface area contributed by atoms with Crippen molar-refractivity contribution >= 4 is 17.4 Å². The monoisotopic (exact) mass is 387 g/mol. The minimum absolute atomic E-state index is 0.237. The second kappa shape index (κ2) is 8.94. The summed E-state index contributed by atoms with van der Waals surface area (Å²) < 4.78 is 12.1. The Labute approximate surface area is 170 Å². The van der Waals surface area contributed by atoms with Crippen LogP contribution in [0.15, 0.2) is 83.9 Å². The molecule has 140 valence electrons. The molecular formula is C24H21NO2S. The number of hydrogen-bond acceptors (Lipinski definition) is 4. The van der Waals surface area contributed by atoms with Gasteiger partial charge in [0.25, 0.3) is 0 Å². The van der Waals surface area contributed by atoms with Gasteiger partial charge < -0.3 is 9.47 Å². The lowest BCUT2D eigenvalue weighted by Gasteiger charge is -2.31. The fourth-order valence-electron chi connectivity index (χ4n) is 3.32. The molecule has 0 amide bonds. The summed E-state index contributed by atoms with van der Waals surface area (Å²) in [4.78, 5) is 4.12. The Morgan fingerprint density at radius 2 is 1.61 bits per heavy atom. The molecule has 4 rings (SSSR count). The van der Waals surface area contributed by atoms with Crippen LogP contribution in [-0.4, -0.2) is 17.3 Å². The zero-order valence-corrected chi connectivity index (χ0v) is 16.3. The van der Waals surface area contributed by atoms with Gasteiger partial charge in [-0.15, -0.1) is 0 Å². The molecule has 0 aliphatic heterocycles. The maximum absolute atomic E-state index is 6.10. The van der Waals surface area contributed by atoms with E-state index in [1.807, 2.05) is 54.6 Å². The van der Waals surface area contributed by atoms with Gasteiger partial charge in [-0.25, -0.2) is 4.99 Å². The predicted octanol–water partition coefficient (Wildman–Crippen LogP) is 6.30. The Bertz CT molecular complexity index is 962. The highest BCUT2D eigenvalue weighted by Gasteiger charge is 2.29. The van der Waals surface area contributed by atoms with Crippen LogP contribution in [0.1, 0.15) is 18.4 Å². The van der Waals surface area contributed by atoms with E-state index in [0.29, 0.717) is 6.61 Å². The Kier molecular flexibility index (Phi) is 5.93. The van der Waals surface area contributed by atoms with Crippen molar-refractivity contribution in [3.05, 3.63) is 84.4 Å². The highest BCUT2D eigenvalue weighted by molar-refractivity contribution is 7.78. The SMILES string of the molecule is S=C=NC1CC(OCc2ccc(Oc3ccccc3)cc2-c2ccccc2)C1. The highest BCUT2D eigenvalue weighted by atomic mass is 32.1. The van der Waals surface area contributed by atoms with Gasteiger partial charge >= 0.3 is 0 Å². The summed E-state index contributed by atoms with van der Waals surface area (Å²) >= 11 is 4.67. The summed E-state index contributed by atoms with van der Waals surface area (Å²) in [6, 6.07) is 26.6. The van der Waals surface area contributed by atoms with Crippen LogP contribution in [0.3, 0.4) is 0 Å². The second-order valence-electron chi connectivity index (χ2n) is 6.88. The predicted molar refractivity (Wildman–Crippen MR) is 115 cm³/mol. The van der Waals surface area contributed by atoms with Crippen molar-refractivity contribution < 1.29 is 9.47 Å². The molecule has 3 aromatic carbocycles. The summed E-state index contributed by atoms with van der Waals surface area (Å²) in [5, 5.41) is 2.46. The highest BCUT2D eigenvalue weighted by Crippen LogP contribution is 2.33. The van der Waals surface area contributed by atoms with Crippen molar-refractivity contribution in [2.24, 2.45) is 4.99 Å². The largest absolute Gasteiger partial charge is 0.457 e. The number of hydrogen-bond donors (Lipinski definition) is 0. The van der Waals surface area contributed by atoms with Gasteiger partial charge in [-0.2, -0.15) is 0 Å². The quantitative estimate of drug-likeness (QED) is 0.352. The third kappa shape index (κ3) is 4.55. The fraction of sp³-hybridized carbons (Fsp3) is 0.208. The average molecular weight is 388 g/mol. The Morgan fingerprint density at radius 1 is 0.893 bits per heavy atom. The van der Waals surface area contributed by atoms with Crippen LogP contribution in [-0.2, 0) is 11.3 Å². The van der Waals surface area contributed by atoms with Gasteiger partial charge in [-0.05, 0) is 66.0 Å². The lowest BCUT2D eigenvalue weighted by atomic mass is 9.90. The van der Waals surface area contributed by atoms with Crippen molar-refractivity contribution in [3.63, 3.8) is 0 Å². The molecule has 0 unspecified atom stereocenters. The lowest BCUT2D eigenvalue weighted by Crippen LogP contribution is -2.34. The van der Waals surface area contributed by atoms with Crippen LogP contribution in [0, 0.1) is 0 Å². The molecule has 0 atom stereocenters. The Balaban J connectivity index is 1.53. The molecule has 1 aliphatic rings. The number of ether oxygens (including phenoxy) is 2. The molecular weight excluding hydrogens is 366 g/mol. The van der Waals surface area contributed by atoms with Gasteiger partial charge in [0.2, 0.25) is 0 Å². The first kappa shape index (κ1) is 18.6. The number of para-hydroxylation sites is 1. The Hall–Kier alpha value is -2.78. The van der Waals surface area contributed by atoms with Crippen LogP contribution in [0.25, 0.3) is 11.1 Å². The van der Waals surface area contributed by atoms with Crippen LogP contribution < -0.4 is 4.74 Å². The van der Waals surface area contributed by atoms with Crippen LogP contribution in [0.2, 0.25) is 0 Å². The maximum Gasteiger partial charge on any atom is 0.128 e. The molecule has 1 aliphatic carbocycles. The zero-order valence-electron chi connectivity index (χ0n) is 15.5. The standard InChI is InChI=1S/C24H21NO2S/c28-17-25-20-13-23(14-20)26-16-19-11-12-22(27-21-9-5-2-6-10-21)15-24(19)18-7-3-1-4-8-18/h1-12,15,20,23H,13-14,16H2. The number of rotatable bonds is 7. The van der Waals surface area contributed by atoms with E-state index in [9.17, 15) is 0 Å². The summed E-state index contributed by atoms with van der Waals surface area (Å²) in [6.45, 7) is 0.564. The van der Waals surface area contributed by atoms with Crippen molar-refractivity contribution in [1.82, 2.24) is 0 Å². The fourth-order valence-corrected chi connectivity index (χ4v) is 3.47. The van der Waals surface area contributed by atoms with Crippen LogP contribution in [0.4, 0.5) is 0 Å². The molecule has 0 saturated heterocycles. The van der Waals surface area contributed by atoms with Crippen LogP contribution >= 0.6 is 12.2 Å². The average Bonchev–Trinajstić information content (AvgIpc) is 2.71. The Morgan fingerprint density at radius 3 is 2.32 bits per heavy atom. The summed E-state index contributed by atoms with van der Waals surface area (Å²) in [5.41, 5.74) is 3.42. The van der Waals surface area contributed by atoms with Crippen molar-refractivity contribution in [3.8, 4) is 22.6 Å². The summed E-state index contributed by atoms with van der Waals surface area (Å²) in [5.74, 6) is 1.64. The van der Waals surface area contributed by atoms with Crippen LogP contribution in [0.5, 0.6) is 11.5 Å². The number of isothiocyanates is 1. The molecule has 1 saturated carbocycles. The molecule has 0 heterocycles. The van der Waals surface area contributed by atoms with Gasteiger partial charge in [-0.3, -0.25) is 0 Å². The van der Waals surface area contributed by atoms with Crippen molar-refractivity contribution in [2.45, 2.75) is 31.6 Å². The number of benzene rings is 3. The molecule has 28 heavy (non-hydrogen) atoms. The third-order valence-corrected chi connectivity index (χ3v) is 5.03. The summed E-state index contributed by atoms with van der Waals surface area (Å²) in [7, 11) is 0. The van der Waals surface area contributed by atoms with Gasteiger partial charge in [0.15, 0.2) is 0 Å². The van der Waals surface area contributed by atoms with E-state index < -0.39 is 0 Å². The minimum atomic E-state index is 0.237. The molecule has 1 fully saturated rings. The lowest BCUT2D eigenvalue weighted by molar-refractivity contribution is -0.0180. The molecule has 3 aromatic rings. The van der Waals surface area contributed by atoms with Crippen molar-refractivity contribution in [1.29, 1.82) is 0 Å². The molecule has 3 nitrogen and oxygen atoms in total. The van der Waals surface area contributed by atoms with Gasteiger partial charge in [0.1, 0.15) is 11.5 Å². The topological polar surface area (TPSA) is 30.8 Å². The zero-order chi connectivity index (χ0) is 19.2. The smallest absolute Gasteiger partial charge is 0.128 e. The number of thiocarbonyl (C=S) groups is 1. The maximum atomic E-state index is 6.10. The first-order valence-electron chi connectivity index (χ1n) is 9.41. The normalized spacial score (nSPS) is 18.0. The first-order valence-corrected chi connectivity index (χ1v) is 9.82. The van der Waals surface area contributed by atoms with Gasteiger partial charge in [0.05, 0.1) is 23.9 Å². The number of nitrogens with zero attached hydrogens (tertiary/aromatic N) is 1. The van der Waals surface area contributed by atoms with E-state index in [-0.39, 0.29) is 12.1 Å². The molecule has 0 spiro atoms. The van der Waals surface area contributed by atoms with E-state index >= 15 is 0 Å². The van der Waals surface area contributed by atoms with Crippen molar-refractivity contribution in [2.75, 3.05) is 0 Å². The van der Waals surface area contributed by atoms with E-state index in [1.54, 1.807) is 0 Å². The second-order valence-corrected chi connectivity index (χ2v) is 7.06. The van der Waals surface area contributed by atoms with Gasteiger partial charge in [-0.1, -0.05) is 54.6 Å². The van der Waals surface area contributed by atoms with Gasteiger partial charge in [0, 0.05) is 0 Å². The molecule has 0 bridgehead atoms. The van der Waals surface area contributed by atoms with E-state index in [1.165, 1.54) is 0 Å². The number of aliphatic imine (C=N–C) groups is 1. The molecule has 0 aromatic heterocycles. The molecule has 0 N–H and O–H groups in total.